The Labute approximate surface area is 112 Å². The van der Waals surface area contributed by atoms with E-state index in [1.807, 2.05) is 0 Å². The summed E-state index contributed by atoms with van der Waals surface area (Å²) in [4.78, 5) is 0. The van der Waals surface area contributed by atoms with Gasteiger partial charge in [-0.3, -0.25) is 0 Å². The Morgan fingerprint density at radius 1 is 0.444 bits per heavy atom. The van der Waals surface area contributed by atoms with E-state index in [1.54, 1.807) is 0 Å². The first-order valence-electron chi connectivity index (χ1n) is 7.22. The molecule has 0 N–H and O–H groups in total. The summed E-state index contributed by atoms with van der Waals surface area (Å²) < 4.78 is 21.5. The number of ether oxygens (including phenoxy) is 4. The molecule has 0 radical (unpaired) electrons. The van der Waals surface area contributed by atoms with Gasteiger partial charge in [-0.1, -0.05) is 20.3 Å². The maximum absolute atomic E-state index is 5.43. The monoisotopic (exact) mass is 262 g/mol. The van der Waals surface area contributed by atoms with Crippen LogP contribution in [-0.4, -0.2) is 52.9 Å². The molecule has 0 atom stereocenters. The molecule has 0 aromatic carbocycles. The minimum atomic E-state index is 0.645. The summed E-state index contributed by atoms with van der Waals surface area (Å²) in [5, 5.41) is 0. The van der Waals surface area contributed by atoms with Crippen LogP contribution in [0.4, 0.5) is 0 Å². The van der Waals surface area contributed by atoms with Crippen molar-refractivity contribution in [2.45, 2.75) is 39.5 Å². The van der Waals surface area contributed by atoms with Gasteiger partial charge < -0.3 is 18.9 Å². The van der Waals surface area contributed by atoms with Crippen molar-refractivity contribution < 1.29 is 18.9 Å². The molecule has 0 saturated heterocycles. The molecular weight excluding hydrogens is 232 g/mol. The van der Waals surface area contributed by atoms with Gasteiger partial charge >= 0.3 is 0 Å². The zero-order chi connectivity index (χ0) is 13.3. The second-order valence-corrected chi connectivity index (χ2v) is 4.16. The van der Waals surface area contributed by atoms with Crippen LogP contribution < -0.4 is 0 Å². The third kappa shape index (κ3) is 15.8. The molecule has 0 heterocycles. The molecule has 4 nitrogen and oxygen atoms in total. The molecule has 0 unspecified atom stereocenters. The van der Waals surface area contributed by atoms with Gasteiger partial charge in [-0.2, -0.15) is 0 Å². The topological polar surface area (TPSA) is 36.9 Å². The maximum Gasteiger partial charge on any atom is 0.0701 e. The maximum atomic E-state index is 5.43. The van der Waals surface area contributed by atoms with Crippen LogP contribution in [0, 0.1) is 0 Å². The van der Waals surface area contributed by atoms with E-state index >= 15 is 0 Å². The summed E-state index contributed by atoms with van der Waals surface area (Å²) in [6.07, 6.45) is 4.36. The number of hydrogen-bond acceptors (Lipinski definition) is 4. The first-order chi connectivity index (χ1) is 8.91. The molecule has 0 rings (SSSR count). The lowest BCUT2D eigenvalue weighted by Gasteiger charge is -2.06. The highest BCUT2D eigenvalue weighted by Gasteiger charge is 1.92. The third-order valence-electron chi connectivity index (χ3n) is 2.31. The average molecular weight is 262 g/mol. The lowest BCUT2D eigenvalue weighted by molar-refractivity contribution is 0.00985. The Hall–Kier alpha value is -0.160. The molecule has 110 valence electrons. The van der Waals surface area contributed by atoms with E-state index in [9.17, 15) is 0 Å². The minimum absolute atomic E-state index is 0.645. The molecule has 0 bridgehead atoms. The Balaban J connectivity index is 2.86. The number of rotatable bonds is 15. The van der Waals surface area contributed by atoms with Crippen molar-refractivity contribution in [3.63, 3.8) is 0 Å². The second-order valence-electron chi connectivity index (χ2n) is 4.16. The average Bonchev–Trinajstić information content (AvgIpc) is 2.39. The normalized spacial score (nSPS) is 11.0. The molecule has 0 saturated carbocycles. The molecule has 0 aliphatic rings. The highest BCUT2D eigenvalue weighted by molar-refractivity contribution is 4.38. The quantitative estimate of drug-likeness (QED) is 0.425. The van der Waals surface area contributed by atoms with Crippen LogP contribution in [0.1, 0.15) is 39.5 Å². The van der Waals surface area contributed by atoms with Gasteiger partial charge in [0.15, 0.2) is 0 Å². The summed E-state index contributed by atoms with van der Waals surface area (Å²) in [6.45, 7) is 10.1. The van der Waals surface area contributed by atoms with E-state index in [1.165, 1.54) is 6.42 Å². The smallest absolute Gasteiger partial charge is 0.0701 e. The van der Waals surface area contributed by atoms with Gasteiger partial charge in [-0.25, -0.2) is 0 Å². The van der Waals surface area contributed by atoms with Crippen LogP contribution in [0.3, 0.4) is 0 Å². The Kier molecular flexibility index (Phi) is 16.7. The molecular formula is C14H30O4. The molecule has 0 fully saturated rings. The van der Waals surface area contributed by atoms with E-state index < -0.39 is 0 Å². The summed E-state index contributed by atoms with van der Waals surface area (Å²) in [5.74, 6) is 0. The van der Waals surface area contributed by atoms with Gasteiger partial charge in [0.1, 0.15) is 0 Å². The Morgan fingerprint density at radius 2 is 0.889 bits per heavy atom. The van der Waals surface area contributed by atoms with Crippen LogP contribution in [0.5, 0.6) is 0 Å². The van der Waals surface area contributed by atoms with Crippen molar-refractivity contribution in [3.05, 3.63) is 0 Å². The lowest BCUT2D eigenvalue weighted by Crippen LogP contribution is -2.10. The van der Waals surface area contributed by atoms with Crippen molar-refractivity contribution in [1.82, 2.24) is 0 Å². The first kappa shape index (κ1) is 17.8. The number of hydrogen-bond donors (Lipinski definition) is 0. The SMILES string of the molecule is CCCCOCCCOCCOCCOCCC. The van der Waals surface area contributed by atoms with Gasteiger partial charge in [-0.15, -0.1) is 0 Å². The zero-order valence-electron chi connectivity index (χ0n) is 12.1. The molecule has 0 aromatic heterocycles. The highest BCUT2D eigenvalue weighted by Crippen LogP contribution is 1.90. The summed E-state index contributed by atoms with van der Waals surface area (Å²) in [5.41, 5.74) is 0. The standard InChI is InChI=1S/C14H30O4/c1-3-5-8-16-9-6-10-17-12-14-18-13-11-15-7-4-2/h3-14H2,1-2H3. The van der Waals surface area contributed by atoms with E-state index in [0.29, 0.717) is 26.4 Å². The van der Waals surface area contributed by atoms with Gasteiger partial charge in [0.2, 0.25) is 0 Å². The molecule has 0 spiro atoms. The second kappa shape index (κ2) is 16.8. The van der Waals surface area contributed by atoms with Crippen LogP contribution in [-0.2, 0) is 18.9 Å². The Morgan fingerprint density at radius 3 is 1.44 bits per heavy atom. The van der Waals surface area contributed by atoms with Crippen LogP contribution in [0.2, 0.25) is 0 Å². The highest BCUT2D eigenvalue weighted by atomic mass is 16.5. The predicted molar refractivity (Wildman–Crippen MR) is 73.1 cm³/mol. The van der Waals surface area contributed by atoms with Crippen molar-refractivity contribution in [3.8, 4) is 0 Å². The third-order valence-corrected chi connectivity index (χ3v) is 2.31. The molecule has 0 aliphatic carbocycles. The van der Waals surface area contributed by atoms with Crippen molar-refractivity contribution >= 4 is 0 Å². The fraction of sp³-hybridized carbons (Fsp3) is 1.00. The van der Waals surface area contributed by atoms with E-state index in [0.717, 1.165) is 45.7 Å². The van der Waals surface area contributed by atoms with E-state index in [2.05, 4.69) is 13.8 Å². The summed E-state index contributed by atoms with van der Waals surface area (Å²) in [6, 6.07) is 0. The molecule has 0 aromatic rings. The summed E-state index contributed by atoms with van der Waals surface area (Å²) >= 11 is 0. The fourth-order valence-corrected chi connectivity index (χ4v) is 1.30. The van der Waals surface area contributed by atoms with Crippen LogP contribution >= 0.6 is 0 Å². The van der Waals surface area contributed by atoms with Crippen molar-refractivity contribution in [2.24, 2.45) is 0 Å². The largest absolute Gasteiger partial charge is 0.381 e. The van der Waals surface area contributed by atoms with Crippen LogP contribution in [0.15, 0.2) is 0 Å². The Bertz CT molecular complexity index is 126. The summed E-state index contributed by atoms with van der Waals surface area (Å²) in [7, 11) is 0. The van der Waals surface area contributed by atoms with Crippen molar-refractivity contribution in [1.29, 1.82) is 0 Å². The van der Waals surface area contributed by atoms with Gasteiger partial charge in [-0.05, 0) is 19.3 Å². The molecule has 4 heteroatoms. The molecule has 0 amide bonds. The lowest BCUT2D eigenvalue weighted by atomic mass is 10.4. The molecule has 0 aliphatic heterocycles. The zero-order valence-corrected chi connectivity index (χ0v) is 12.1. The fourth-order valence-electron chi connectivity index (χ4n) is 1.30. The van der Waals surface area contributed by atoms with Crippen molar-refractivity contribution in [2.75, 3.05) is 52.9 Å². The van der Waals surface area contributed by atoms with E-state index in [4.69, 9.17) is 18.9 Å². The van der Waals surface area contributed by atoms with Gasteiger partial charge in [0.05, 0.1) is 26.4 Å². The number of unbranched alkanes of at least 4 members (excludes halogenated alkanes) is 1. The minimum Gasteiger partial charge on any atom is -0.381 e. The van der Waals surface area contributed by atoms with Crippen LogP contribution in [0.25, 0.3) is 0 Å². The first-order valence-corrected chi connectivity index (χ1v) is 7.22. The molecule has 18 heavy (non-hydrogen) atoms. The van der Waals surface area contributed by atoms with Gasteiger partial charge in [0.25, 0.3) is 0 Å². The van der Waals surface area contributed by atoms with Gasteiger partial charge in [0, 0.05) is 26.4 Å². The van der Waals surface area contributed by atoms with E-state index in [-0.39, 0.29) is 0 Å². The predicted octanol–water partition coefficient (Wildman–Crippen LogP) is 2.65.